The summed E-state index contributed by atoms with van der Waals surface area (Å²) in [6.45, 7) is 4.35. The highest BCUT2D eigenvalue weighted by atomic mass is 79.9. The van der Waals surface area contributed by atoms with E-state index in [9.17, 15) is 0 Å². The Kier molecular flexibility index (Phi) is 3.75. The van der Waals surface area contributed by atoms with Crippen molar-refractivity contribution < 1.29 is 9.47 Å². The first kappa shape index (κ1) is 10.5. The van der Waals surface area contributed by atoms with E-state index in [1.165, 1.54) is 0 Å². The summed E-state index contributed by atoms with van der Waals surface area (Å²) in [7, 11) is 0. The van der Waals surface area contributed by atoms with Crippen molar-refractivity contribution in [2.45, 2.75) is 18.5 Å². The predicted molar refractivity (Wildman–Crippen MR) is 56.0 cm³/mol. The number of benzene rings is 1. The third-order valence-electron chi connectivity index (χ3n) is 1.45. The molecule has 0 aliphatic heterocycles. The van der Waals surface area contributed by atoms with Crippen molar-refractivity contribution in [3.63, 3.8) is 0 Å². The second-order valence-electron chi connectivity index (χ2n) is 2.68. The number of hydrogen-bond acceptors (Lipinski definition) is 2. The van der Waals surface area contributed by atoms with Gasteiger partial charge in [-0.25, -0.2) is 0 Å². The van der Waals surface area contributed by atoms with Crippen LogP contribution in [0.4, 0.5) is 0 Å². The maximum atomic E-state index is 5.54. The molecular weight excluding hydrogens is 232 g/mol. The predicted octanol–water partition coefficient (Wildman–Crippen LogP) is 3.17. The van der Waals surface area contributed by atoms with E-state index in [4.69, 9.17) is 9.47 Å². The van der Waals surface area contributed by atoms with Gasteiger partial charge in [0.05, 0.1) is 0 Å². The van der Waals surface area contributed by atoms with Crippen molar-refractivity contribution in [1.29, 1.82) is 0 Å². The molecule has 13 heavy (non-hydrogen) atoms. The van der Waals surface area contributed by atoms with E-state index >= 15 is 0 Å². The molecule has 0 aliphatic carbocycles. The number of rotatable bonds is 4. The minimum Gasteiger partial charge on any atom is -0.453 e. The first-order valence-corrected chi connectivity index (χ1v) is 5.00. The van der Waals surface area contributed by atoms with Gasteiger partial charge in [0.15, 0.2) is 0 Å². The molecule has 0 saturated carbocycles. The molecule has 72 valence electrons. The lowest BCUT2D eigenvalue weighted by Crippen LogP contribution is -2.28. The zero-order valence-electron chi connectivity index (χ0n) is 7.79. The number of hydrogen-bond donors (Lipinski definition) is 0. The number of alkyl halides is 1. The van der Waals surface area contributed by atoms with Crippen molar-refractivity contribution in [3.05, 3.63) is 30.3 Å². The molecule has 0 saturated heterocycles. The average molecular weight is 245 g/mol. The second kappa shape index (κ2) is 4.63. The van der Waals surface area contributed by atoms with E-state index in [0.29, 0.717) is 6.61 Å². The van der Waals surface area contributed by atoms with Crippen LogP contribution < -0.4 is 4.74 Å². The lowest BCUT2D eigenvalue weighted by molar-refractivity contribution is -0.0862. The number of ether oxygens (including phenoxy) is 2. The summed E-state index contributed by atoms with van der Waals surface area (Å²) >= 11 is 3.33. The van der Waals surface area contributed by atoms with Crippen molar-refractivity contribution in [3.8, 4) is 5.75 Å². The summed E-state index contributed by atoms with van der Waals surface area (Å²) in [4.78, 5) is 0. The van der Waals surface area contributed by atoms with Gasteiger partial charge in [-0.15, -0.1) is 0 Å². The summed E-state index contributed by atoms with van der Waals surface area (Å²) in [6, 6.07) is 9.56. The van der Waals surface area contributed by atoms with E-state index in [-0.39, 0.29) is 0 Å². The Bertz CT molecular complexity index is 246. The van der Waals surface area contributed by atoms with Crippen LogP contribution in [-0.2, 0) is 4.74 Å². The van der Waals surface area contributed by atoms with Crippen LogP contribution in [0.3, 0.4) is 0 Å². The minimum absolute atomic E-state index is 0.606. The normalized spacial score (nSPS) is 15.0. The summed E-state index contributed by atoms with van der Waals surface area (Å²) in [6.07, 6.45) is 0. The summed E-state index contributed by atoms with van der Waals surface area (Å²) in [5.41, 5.74) is 0. The van der Waals surface area contributed by atoms with E-state index < -0.39 is 4.70 Å². The highest BCUT2D eigenvalue weighted by Crippen LogP contribution is 2.24. The lowest BCUT2D eigenvalue weighted by Gasteiger charge is -2.23. The molecule has 0 N–H and O–H groups in total. The highest BCUT2D eigenvalue weighted by Gasteiger charge is 2.21. The SMILES string of the molecule is CCOC(C)(Br)Oc1ccccc1. The van der Waals surface area contributed by atoms with Crippen LogP contribution in [0.1, 0.15) is 13.8 Å². The quantitative estimate of drug-likeness (QED) is 0.599. The van der Waals surface area contributed by atoms with E-state index in [1.807, 2.05) is 44.2 Å². The summed E-state index contributed by atoms with van der Waals surface area (Å²) in [5, 5.41) is 0. The van der Waals surface area contributed by atoms with Crippen LogP contribution in [0.2, 0.25) is 0 Å². The molecule has 0 bridgehead atoms. The molecule has 3 heteroatoms. The fourth-order valence-corrected chi connectivity index (χ4v) is 1.40. The zero-order chi connectivity index (χ0) is 9.73. The minimum atomic E-state index is -0.733. The third kappa shape index (κ3) is 3.79. The lowest BCUT2D eigenvalue weighted by atomic mass is 10.3. The molecule has 1 atom stereocenters. The number of halogens is 1. The maximum Gasteiger partial charge on any atom is 0.265 e. The Morgan fingerprint density at radius 2 is 1.92 bits per heavy atom. The largest absolute Gasteiger partial charge is 0.453 e. The van der Waals surface area contributed by atoms with E-state index in [0.717, 1.165) is 5.75 Å². The van der Waals surface area contributed by atoms with Gasteiger partial charge in [-0.2, -0.15) is 0 Å². The van der Waals surface area contributed by atoms with Crippen LogP contribution >= 0.6 is 15.9 Å². The van der Waals surface area contributed by atoms with Gasteiger partial charge in [-0.1, -0.05) is 18.2 Å². The topological polar surface area (TPSA) is 18.5 Å². The fraction of sp³-hybridized carbons (Fsp3) is 0.400. The highest BCUT2D eigenvalue weighted by molar-refractivity contribution is 9.10. The first-order chi connectivity index (χ1) is 6.14. The molecule has 0 fully saturated rings. The summed E-state index contributed by atoms with van der Waals surface area (Å²) < 4.78 is 10.1. The molecule has 0 spiro atoms. The van der Waals surface area contributed by atoms with Gasteiger partial charge in [0, 0.05) is 13.5 Å². The summed E-state index contributed by atoms with van der Waals surface area (Å²) in [5.74, 6) is 0.787. The number of para-hydroxylation sites is 1. The molecule has 0 amide bonds. The van der Waals surface area contributed by atoms with Gasteiger partial charge in [0.1, 0.15) is 5.75 Å². The van der Waals surface area contributed by atoms with Gasteiger partial charge >= 0.3 is 0 Å². The Morgan fingerprint density at radius 1 is 1.31 bits per heavy atom. The first-order valence-electron chi connectivity index (χ1n) is 4.21. The van der Waals surface area contributed by atoms with Gasteiger partial charge in [0.2, 0.25) is 0 Å². The van der Waals surface area contributed by atoms with Crippen molar-refractivity contribution in [2.24, 2.45) is 0 Å². The van der Waals surface area contributed by atoms with E-state index in [1.54, 1.807) is 0 Å². The molecule has 0 aliphatic rings. The van der Waals surface area contributed by atoms with Gasteiger partial charge in [0.25, 0.3) is 4.70 Å². The molecule has 1 rings (SSSR count). The van der Waals surface area contributed by atoms with Crippen LogP contribution in [0, 0.1) is 0 Å². The zero-order valence-corrected chi connectivity index (χ0v) is 9.37. The Balaban J connectivity index is 2.58. The molecule has 1 unspecified atom stereocenters. The van der Waals surface area contributed by atoms with Gasteiger partial charge in [-0.05, 0) is 35.0 Å². The van der Waals surface area contributed by atoms with E-state index in [2.05, 4.69) is 15.9 Å². The molecular formula is C10H13BrO2. The van der Waals surface area contributed by atoms with Crippen molar-refractivity contribution in [1.82, 2.24) is 0 Å². The maximum absolute atomic E-state index is 5.54. The molecule has 1 aromatic rings. The van der Waals surface area contributed by atoms with Gasteiger partial charge < -0.3 is 9.47 Å². The standard InChI is InChI=1S/C10H13BrO2/c1-3-12-10(2,11)13-9-7-5-4-6-8-9/h4-8H,3H2,1-2H3. The monoisotopic (exact) mass is 244 g/mol. The third-order valence-corrected chi connectivity index (χ3v) is 1.84. The van der Waals surface area contributed by atoms with Crippen LogP contribution in [0.15, 0.2) is 30.3 Å². The molecule has 0 radical (unpaired) electrons. The Hall–Kier alpha value is -0.540. The molecule has 0 heterocycles. The van der Waals surface area contributed by atoms with Gasteiger partial charge in [-0.3, -0.25) is 0 Å². The second-order valence-corrected chi connectivity index (χ2v) is 4.12. The Morgan fingerprint density at radius 3 is 2.46 bits per heavy atom. The molecule has 0 aromatic heterocycles. The molecule has 2 nitrogen and oxygen atoms in total. The van der Waals surface area contributed by atoms with Crippen molar-refractivity contribution >= 4 is 15.9 Å². The Labute approximate surface area is 87.0 Å². The molecule has 1 aromatic carbocycles. The van der Waals surface area contributed by atoms with Crippen molar-refractivity contribution in [2.75, 3.05) is 6.61 Å². The van der Waals surface area contributed by atoms with Crippen LogP contribution in [0.5, 0.6) is 5.75 Å². The fourth-order valence-electron chi connectivity index (χ4n) is 0.986. The van der Waals surface area contributed by atoms with Crippen LogP contribution in [0.25, 0.3) is 0 Å². The smallest absolute Gasteiger partial charge is 0.265 e. The average Bonchev–Trinajstić information content (AvgIpc) is 2.04. The van der Waals surface area contributed by atoms with Crippen LogP contribution in [-0.4, -0.2) is 11.3 Å².